The van der Waals surface area contributed by atoms with E-state index in [2.05, 4.69) is 10.6 Å². The molecule has 0 aromatic carbocycles. The minimum absolute atomic E-state index is 0.0134. The van der Waals surface area contributed by atoms with Crippen molar-refractivity contribution in [1.82, 2.24) is 15.5 Å². The van der Waals surface area contributed by atoms with Crippen LogP contribution in [0.3, 0.4) is 0 Å². The molecule has 0 radical (unpaired) electrons. The molecule has 2 N–H and O–H groups in total. The summed E-state index contributed by atoms with van der Waals surface area (Å²) in [5, 5.41) is 5.27. The summed E-state index contributed by atoms with van der Waals surface area (Å²) in [7, 11) is 0. The Kier molecular flexibility index (Phi) is 3.80. The Hall–Kier alpha value is -1.34. The fourth-order valence-electron chi connectivity index (χ4n) is 1.36. The SMILES string of the molecule is CCNC(=O)N(CC1CO1)C(=O)NCC1CO1. The van der Waals surface area contributed by atoms with Gasteiger partial charge in [-0.25, -0.2) is 14.5 Å². The highest BCUT2D eigenvalue weighted by Crippen LogP contribution is 2.11. The van der Waals surface area contributed by atoms with Crippen LogP contribution in [-0.2, 0) is 9.47 Å². The molecule has 2 unspecified atom stereocenters. The quantitative estimate of drug-likeness (QED) is 0.639. The summed E-state index contributed by atoms with van der Waals surface area (Å²) in [5.41, 5.74) is 0. The van der Waals surface area contributed by atoms with E-state index < -0.39 is 12.1 Å². The Bertz CT molecular complexity index is 302. The number of carbonyl (C=O) groups excluding carboxylic acids is 2. The average Bonchev–Trinajstić information content (AvgIpc) is 3.15. The lowest BCUT2D eigenvalue weighted by Gasteiger charge is -2.20. The lowest BCUT2D eigenvalue weighted by molar-refractivity contribution is 0.181. The normalized spacial score (nSPS) is 25.0. The molecule has 2 heterocycles. The van der Waals surface area contributed by atoms with Gasteiger partial charge in [-0.15, -0.1) is 0 Å². The number of nitrogens with zero attached hydrogens (tertiary/aromatic N) is 1. The van der Waals surface area contributed by atoms with Gasteiger partial charge in [0.1, 0.15) is 0 Å². The second-order valence-corrected chi connectivity index (χ2v) is 4.04. The third-order valence-corrected chi connectivity index (χ3v) is 2.49. The van der Waals surface area contributed by atoms with Crippen molar-refractivity contribution in [1.29, 1.82) is 0 Å². The standard InChI is InChI=1S/C10H17N3O4/c1-2-11-9(14)13(4-8-6-17-8)10(15)12-3-7-5-16-7/h7-8H,2-6H2,1H3,(H,11,14)(H,12,15). The number of ether oxygens (including phenoxy) is 2. The molecule has 0 saturated carbocycles. The Labute approximate surface area is 99.4 Å². The summed E-state index contributed by atoms with van der Waals surface area (Å²) in [4.78, 5) is 24.6. The van der Waals surface area contributed by atoms with Gasteiger partial charge in [-0.3, -0.25) is 0 Å². The summed E-state index contributed by atoms with van der Waals surface area (Å²) in [5.74, 6) is 0. The van der Waals surface area contributed by atoms with E-state index in [0.717, 1.165) is 4.90 Å². The molecule has 7 nitrogen and oxygen atoms in total. The highest BCUT2D eigenvalue weighted by Gasteiger charge is 2.32. The van der Waals surface area contributed by atoms with E-state index in [9.17, 15) is 9.59 Å². The first kappa shape index (κ1) is 12.1. The van der Waals surface area contributed by atoms with Gasteiger partial charge in [0.25, 0.3) is 0 Å². The van der Waals surface area contributed by atoms with E-state index >= 15 is 0 Å². The van der Waals surface area contributed by atoms with Crippen LogP contribution in [0.2, 0.25) is 0 Å². The van der Waals surface area contributed by atoms with Crippen molar-refractivity contribution in [3.63, 3.8) is 0 Å². The van der Waals surface area contributed by atoms with Crippen molar-refractivity contribution in [3.8, 4) is 0 Å². The summed E-state index contributed by atoms with van der Waals surface area (Å²) in [6.45, 7) is 4.31. The molecule has 2 fully saturated rings. The monoisotopic (exact) mass is 243 g/mol. The van der Waals surface area contributed by atoms with Gasteiger partial charge in [-0.2, -0.15) is 0 Å². The first-order chi connectivity index (χ1) is 8.20. The lowest BCUT2D eigenvalue weighted by Crippen LogP contribution is -2.50. The van der Waals surface area contributed by atoms with Crippen molar-refractivity contribution < 1.29 is 19.1 Å². The third-order valence-electron chi connectivity index (χ3n) is 2.49. The summed E-state index contributed by atoms with van der Waals surface area (Å²) >= 11 is 0. The molecule has 0 aromatic rings. The van der Waals surface area contributed by atoms with Crippen LogP contribution in [0.15, 0.2) is 0 Å². The second kappa shape index (κ2) is 5.33. The van der Waals surface area contributed by atoms with Gasteiger partial charge < -0.3 is 20.1 Å². The van der Waals surface area contributed by atoms with Crippen LogP contribution in [0.1, 0.15) is 6.92 Å². The van der Waals surface area contributed by atoms with Gasteiger partial charge in [0.05, 0.1) is 32.0 Å². The zero-order valence-electron chi connectivity index (χ0n) is 9.77. The van der Waals surface area contributed by atoms with Crippen LogP contribution in [0.5, 0.6) is 0 Å². The second-order valence-electron chi connectivity index (χ2n) is 4.04. The van der Waals surface area contributed by atoms with Crippen molar-refractivity contribution >= 4 is 12.1 Å². The molecule has 2 rings (SSSR count). The molecule has 2 aliphatic rings. The summed E-state index contributed by atoms with van der Waals surface area (Å²) in [6, 6.07) is -0.792. The fraction of sp³-hybridized carbons (Fsp3) is 0.800. The molecule has 7 heteroatoms. The molecule has 0 spiro atoms. The molecule has 4 amide bonds. The maximum Gasteiger partial charge on any atom is 0.325 e. The number of urea groups is 2. The maximum absolute atomic E-state index is 11.8. The van der Waals surface area contributed by atoms with Crippen LogP contribution in [-0.4, -0.2) is 62.0 Å². The van der Waals surface area contributed by atoms with E-state index in [1.807, 2.05) is 0 Å². The molecule has 0 bridgehead atoms. The highest BCUT2D eigenvalue weighted by atomic mass is 16.6. The van der Waals surface area contributed by atoms with Gasteiger partial charge in [0, 0.05) is 13.1 Å². The van der Waals surface area contributed by atoms with Crippen LogP contribution in [0.25, 0.3) is 0 Å². The maximum atomic E-state index is 11.8. The summed E-state index contributed by atoms with van der Waals surface area (Å²) < 4.78 is 10.0. The Balaban J connectivity index is 1.82. The van der Waals surface area contributed by atoms with E-state index in [1.54, 1.807) is 6.92 Å². The summed E-state index contributed by atoms with van der Waals surface area (Å²) in [6.07, 6.45) is 0.0905. The van der Waals surface area contributed by atoms with Gasteiger partial charge in [0.2, 0.25) is 0 Å². The Morgan fingerprint density at radius 2 is 1.76 bits per heavy atom. The van der Waals surface area contributed by atoms with Crippen LogP contribution >= 0.6 is 0 Å². The van der Waals surface area contributed by atoms with E-state index in [0.29, 0.717) is 32.8 Å². The molecular formula is C10H17N3O4. The number of hydrogen-bond donors (Lipinski definition) is 2. The molecule has 2 saturated heterocycles. The Morgan fingerprint density at radius 1 is 1.18 bits per heavy atom. The number of hydrogen-bond acceptors (Lipinski definition) is 4. The average molecular weight is 243 g/mol. The van der Waals surface area contributed by atoms with Crippen LogP contribution in [0, 0.1) is 0 Å². The zero-order chi connectivity index (χ0) is 12.3. The topological polar surface area (TPSA) is 86.5 Å². The Morgan fingerprint density at radius 3 is 2.29 bits per heavy atom. The third kappa shape index (κ3) is 3.86. The molecular weight excluding hydrogens is 226 g/mol. The van der Waals surface area contributed by atoms with Gasteiger partial charge in [-0.1, -0.05) is 0 Å². The molecule has 96 valence electrons. The first-order valence-electron chi connectivity index (χ1n) is 5.77. The zero-order valence-corrected chi connectivity index (χ0v) is 9.77. The van der Waals surface area contributed by atoms with Crippen LogP contribution < -0.4 is 10.6 Å². The number of imide groups is 1. The van der Waals surface area contributed by atoms with E-state index in [4.69, 9.17) is 9.47 Å². The van der Waals surface area contributed by atoms with Crippen LogP contribution in [0.4, 0.5) is 9.59 Å². The van der Waals surface area contributed by atoms with E-state index in [-0.39, 0.29) is 12.2 Å². The molecule has 17 heavy (non-hydrogen) atoms. The van der Waals surface area contributed by atoms with Gasteiger partial charge in [0.15, 0.2) is 0 Å². The number of carbonyl (C=O) groups is 2. The smallest absolute Gasteiger partial charge is 0.325 e. The molecule has 0 aliphatic carbocycles. The predicted octanol–water partition coefficient (Wildman–Crippen LogP) is -0.475. The number of rotatable bonds is 5. The molecule has 2 atom stereocenters. The van der Waals surface area contributed by atoms with Crippen molar-refractivity contribution in [2.75, 3.05) is 32.8 Å². The molecule has 0 aromatic heterocycles. The highest BCUT2D eigenvalue weighted by molar-refractivity contribution is 5.93. The largest absolute Gasteiger partial charge is 0.371 e. The minimum atomic E-state index is -0.401. The molecule has 2 aliphatic heterocycles. The van der Waals surface area contributed by atoms with Gasteiger partial charge in [-0.05, 0) is 6.92 Å². The van der Waals surface area contributed by atoms with Crippen molar-refractivity contribution in [3.05, 3.63) is 0 Å². The van der Waals surface area contributed by atoms with Gasteiger partial charge >= 0.3 is 12.1 Å². The van der Waals surface area contributed by atoms with Crippen molar-refractivity contribution in [2.45, 2.75) is 19.1 Å². The van der Waals surface area contributed by atoms with Crippen molar-refractivity contribution in [2.24, 2.45) is 0 Å². The van der Waals surface area contributed by atoms with E-state index in [1.165, 1.54) is 0 Å². The number of epoxide rings is 2. The minimum Gasteiger partial charge on any atom is -0.371 e. The number of nitrogens with one attached hydrogen (secondary N) is 2. The predicted molar refractivity (Wildman–Crippen MR) is 58.7 cm³/mol. The first-order valence-corrected chi connectivity index (χ1v) is 5.77. The lowest BCUT2D eigenvalue weighted by atomic mass is 10.4. The fourth-order valence-corrected chi connectivity index (χ4v) is 1.36. The number of amides is 4.